The van der Waals surface area contributed by atoms with Crippen LogP contribution in [0.3, 0.4) is 0 Å². The van der Waals surface area contributed by atoms with Crippen LogP contribution >= 0.6 is 0 Å². The lowest BCUT2D eigenvalue weighted by Crippen LogP contribution is -2.46. The molecule has 0 aromatic rings. The minimum absolute atomic E-state index is 0.0541. The first-order chi connectivity index (χ1) is 9.28. The van der Waals surface area contributed by atoms with Crippen molar-refractivity contribution >= 4 is 11.8 Å². The number of rotatable bonds is 7. The van der Waals surface area contributed by atoms with E-state index >= 15 is 0 Å². The second-order valence-corrected chi connectivity index (χ2v) is 6.30. The summed E-state index contributed by atoms with van der Waals surface area (Å²) in [5.41, 5.74) is -1.05. The number of likely N-dealkylation sites (tertiary alicyclic amines) is 1. The van der Waals surface area contributed by atoms with E-state index in [0.717, 1.165) is 25.9 Å². The number of carbonyl (C=O) groups excluding carboxylic acids is 2. The zero-order valence-electron chi connectivity index (χ0n) is 13.4. The van der Waals surface area contributed by atoms with Crippen molar-refractivity contribution in [3.8, 4) is 0 Å². The van der Waals surface area contributed by atoms with Gasteiger partial charge >= 0.3 is 5.97 Å². The number of carbonyl (C=O) groups is 2. The lowest BCUT2D eigenvalue weighted by atomic mass is 9.87. The van der Waals surface area contributed by atoms with Gasteiger partial charge < -0.3 is 9.64 Å². The van der Waals surface area contributed by atoms with E-state index in [9.17, 15) is 9.59 Å². The Morgan fingerprint density at radius 3 is 2.55 bits per heavy atom. The normalized spacial score (nSPS) is 20.4. The molecule has 1 rings (SSSR count). The van der Waals surface area contributed by atoms with Gasteiger partial charge in [0.25, 0.3) is 0 Å². The minimum atomic E-state index is -1.05. The molecule has 0 amide bonds. The Hall–Kier alpha value is -0.940. The van der Waals surface area contributed by atoms with Gasteiger partial charge in [0.2, 0.25) is 0 Å². The summed E-state index contributed by atoms with van der Waals surface area (Å²) < 4.78 is 5.00. The van der Waals surface area contributed by atoms with Crippen molar-refractivity contribution in [2.75, 3.05) is 40.3 Å². The van der Waals surface area contributed by atoms with Crippen LogP contribution in [0.5, 0.6) is 0 Å². The van der Waals surface area contributed by atoms with E-state index in [0.29, 0.717) is 19.2 Å². The number of ketones is 1. The topological polar surface area (TPSA) is 49.9 Å². The van der Waals surface area contributed by atoms with Gasteiger partial charge in [-0.2, -0.15) is 0 Å². The Labute approximate surface area is 122 Å². The van der Waals surface area contributed by atoms with Gasteiger partial charge in [0.1, 0.15) is 5.41 Å². The highest BCUT2D eigenvalue weighted by molar-refractivity contribution is 6.03. The predicted octanol–water partition coefficient (Wildman–Crippen LogP) is 1.17. The number of Topliss-reactive ketones (excluding diaryl/α,β-unsaturated/α-hetero) is 1. The van der Waals surface area contributed by atoms with Gasteiger partial charge in [-0.25, -0.2) is 0 Å². The largest absolute Gasteiger partial charge is 0.465 e. The molecule has 1 fully saturated rings. The first kappa shape index (κ1) is 17.1. The van der Waals surface area contributed by atoms with E-state index in [-0.39, 0.29) is 5.78 Å². The molecule has 0 radical (unpaired) electrons. The van der Waals surface area contributed by atoms with Gasteiger partial charge in [-0.1, -0.05) is 0 Å². The van der Waals surface area contributed by atoms with E-state index in [4.69, 9.17) is 4.74 Å². The minimum Gasteiger partial charge on any atom is -0.465 e. The number of likely N-dealkylation sites (N-methyl/N-ethyl adjacent to an activating group) is 1. The SMILES string of the molecule is CCOC(=O)C(C)(C)C(=O)CN1CCCC1CN(C)C. The zero-order chi connectivity index (χ0) is 15.3. The van der Waals surface area contributed by atoms with Gasteiger partial charge in [0, 0.05) is 12.6 Å². The molecular weight excluding hydrogens is 256 g/mol. The number of hydrogen-bond acceptors (Lipinski definition) is 5. The molecule has 5 heteroatoms. The second kappa shape index (κ2) is 7.18. The van der Waals surface area contributed by atoms with Crippen LogP contribution in [-0.4, -0.2) is 67.9 Å². The van der Waals surface area contributed by atoms with Crippen LogP contribution in [-0.2, 0) is 14.3 Å². The molecule has 0 N–H and O–H groups in total. The molecule has 0 aromatic carbocycles. The molecule has 1 aliphatic heterocycles. The molecule has 1 unspecified atom stereocenters. The predicted molar refractivity (Wildman–Crippen MR) is 78.6 cm³/mol. The highest BCUT2D eigenvalue weighted by Gasteiger charge is 2.39. The molecule has 0 aromatic heterocycles. The Morgan fingerprint density at radius 1 is 1.35 bits per heavy atom. The van der Waals surface area contributed by atoms with Crippen molar-refractivity contribution in [1.82, 2.24) is 9.80 Å². The Kier molecular flexibility index (Phi) is 6.14. The number of esters is 1. The third kappa shape index (κ3) is 4.28. The van der Waals surface area contributed by atoms with Crippen molar-refractivity contribution in [3.05, 3.63) is 0 Å². The van der Waals surface area contributed by atoms with E-state index in [1.54, 1.807) is 20.8 Å². The van der Waals surface area contributed by atoms with Crippen LogP contribution in [0.1, 0.15) is 33.6 Å². The molecule has 1 saturated heterocycles. The molecule has 20 heavy (non-hydrogen) atoms. The lowest BCUT2D eigenvalue weighted by molar-refractivity contribution is -0.158. The summed E-state index contributed by atoms with van der Waals surface area (Å²) in [6, 6.07) is 0.409. The monoisotopic (exact) mass is 284 g/mol. The molecule has 1 heterocycles. The fraction of sp³-hybridized carbons (Fsp3) is 0.867. The third-order valence-corrected chi connectivity index (χ3v) is 3.90. The fourth-order valence-electron chi connectivity index (χ4n) is 2.54. The maximum Gasteiger partial charge on any atom is 0.319 e. The van der Waals surface area contributed by atoms with Gasteiger partial charge in [-0.3, -0.25) is 14.5 Å². The summed E-state index contributed by atoms with van der Waals surface area (Å²) in [6.45, 7) is 7.60. The molecule has 5 nitrogen and oxygen atoms in total. The third-order valence-electron chi connectivity index (χ3n) is 3.90. The maximum absolute atomic E-state index is 12.4. The first-order valence-electron chi connectivity index (χ1n) is 7.38. The number of nitrogens with zero attached hydrogens (tertiary/aromatic N) is 2. The van der Waals surface area contributed by atoms with E-state index in [1.807, 2.05) is 14.1 Å². The average molecular weight is 284 g/mol. The first-order valence-corrected chi connectivity index (χ1v) is 7.38. The quantitative estimate of drug-likeness (QED) is 0.519. The van der Waals surface area contributed by atoms with E-state index in [1.165, 1.54) is 0 Å². The number of ether oxygens (including phenoxy) is 1. The van der Waals surface area contributed by atoms with Crippen molar-refractivity contribution < 1.29 is 14.3 Å². The van der Waals surface area contributed by atoms with Crippen LogP contribution < -0.4 is 0 Å². The Bertz CT molecular complexity index is 353. The van der Waals surface area contributed by atoms with Crippen LogP contribution in [0.4, 0.5) is 0 Å². The van der Waals surface area contributed by atoms with Crippen LogP contribution in [0.15, 0.2) is 0 Å². The Morgan fingerprint density at radius 2 is 2.00 bits per heavy atom. The molecule has 116 valence electrons. The van der Waals surface area contributed by atoms with Gasteiger partial charge in [-0.05, 0) is 54.3 Å². The highest BCUT2D eigenvalue weighted by Crippen LogP contribution is 2.23. The van der Waals surface area contributed by atoms with E-state index in [2.05, 4.69) is 9.80 Å². The summed E-state index contributed by atoms with van der Waals surface area (Å²) in [5.74, 6) is -0.477. The lowest BCUT2D eigenvalue weighted by Gasteiger charge is -2.29. The molecule has 0 spiro atoms. The smallest absolute Gasteiger partial charge is 0.319 e. The molecule has 0 saturated carbocycles. The van der Waals surface area contributed by atoms with Crippen LogP contribution in [0.25, 0.3) is 0 Å². The van der Waals surface area contributed by atoms with Gasteiger partial charge in [0.15, 0.2) is 5.78 Å². The summed E-state index contributed by atoms with van der Waals surface area (Å²) in [5, 5.41) is 0. The maximum atomic E-state index is 12.4. The molecule has 1 aliphatic rings. The fourth-order valence-corrected chi connectivity index (χ4v) is 2.54. The summed E-state index contributed by atoms with van der Waals surface area (Å²) in [7, 11) is 4.09. The van der Waals surface area contributed by atoms with Crippen molar-refractivity contribution in [3.63, 3.8) is 0 Å². The van der Waals surface area contributed by atoms with Crippen molar-refractivity contribution in [1.29, 1.82) is 0 Å². The van der Waals surface area contributed by atoms with Gasteiger partial charge in [0.05, 0.1) is 13.2 Å². The van der Waals surface area contributed by atoms with Crippen molar-refractivity contribution in [2.24, 2.45) is 5.41 Å². The zero-order valence-corrected chi connectivity index (χ0v) is 13.4. The molecule has 0 bridgehead atoms. The highest BCUT2D eigenvalue weighted by atomic mass is 16.5. The number of hydrogen-bond donors (Lipinski definition) is 0. The standard InChI is InChI=1S/C15H28N2O3/c1-6-20-14(19)15(2,3)13(18)11-17-9-7-8-12(17)10-16(4)5/h12H,6-11H2,1-5H3. The molecular formula is C15H28N2O3. The average Bonchev–Trinajstić information content (AvgIpc) is 2.75. The Balaban J connectivity index is 2.62. The summed E-state index contributed by atoms with van der Waals surface area (Å²) >= 11 is 0. The molecule has 0 aliphatic carbocycles. The molecule has 1 atom stereocenters. The van der Waals surface area contributed by atoms with Crippen LogP contribution in [0, 0.1) is 5.41 Å². The van der Waals surface area contributed by atoms with E-state index < -0.39 is 11.4 Å². The summed E-state index contributed by atoms with van der Waals surface area (Å²) in [6.07, 6.45) is 2.23. The second-order valence-electron chi connectivity index (χ2n) is 6.30. The summed E-state index contributed by atoms with van der Waals surface area (Å²) in [4.78, 5) is 28.6. The van der Waals surface area contributed by atoms with Crippen LogP contribution in [0.2, 0.25) is 0 Å². The van der Waals surface area contributed by atoms with Gasteiger partial charge in [-0.15, -0.1) is 0 Å². The van der Waals surface area contributed by atoms with Crippen molar-refractivity contribution in [2.45, 2.75) is 39.7 Å².